The van der Waals surface area contributed by atoms with Gasteiger partial charge in [-0.25, -0.2) is 4.68 Å². The van der Waals surface area contributed by atoms with Crippen molar-refractivity contribution in [1.82, 2.24) is 24.5 Å². The second-order valence-electron chi connectivity index (χ2n) is 7.18. The van der Waals surface area contributed by atoms with Crippen molar-refractivity contribution in [3.63, 3.8) is 0 Å². The third-order valence-electron chi connectivity index (χ3n) is 5.24. The number of amides is 1. The topological polar surface area (TPSA) is 89.7 Å². The lowest BCUT2D eigenvalue weighted by molar-refractivity contribution is -0.113. The number of nitrogens with zero attached hydrogens (tertiary/aromatic N) is 5. The Bertz CT molecular complexity index is 1110. The summed E-state index contributed by atoms with van der Waals surface area (Å²) in [6.45, 7) is 7.88. The summed E-state index contributed by atoms with van der Waals surface area (Å²) in [5, 5.41) is 15.0. The molecule has 0 aliphatic carbocycles. The van der Waals surface area contributed by atoms with Gasteiger partial charge >= 0.3 is 0 Å². The van der Waals surface area contributed by atoms with Crippen molar-refractivity contribution in [3.8, 4) is 0 Å². The standard InChI is InChI=1S/C20H23N7O/c1-11-6-7-16(12(2)8-11)25-19(28)17-13(3)24-20-21-10-23-27(20)18(17)15-9-22-26(5)14(15)4/h6-10,18H,1-5H3,(H,25,28)(H,21,23,24)/t18-/m1/s1. The second-order valence-corrected chi connectivity index (χ2v) is 7.18. The Morgan fingerprint density at radius 1 is 1.18 bits per heavy atom. The summed E-state index contributed by atoms with van der Waals surface area (Å²) in [5.41, 5.74) is 6.19. The Hall–Kier alpha value is -3.42. The fourth-order valence-corrected chi connectivity index (χ4v) is 3.60. The number of fused-ring (bicyclic) bond motifs is 1. The van der Waals surface area contributed by atoms with E-state index in [9.17, 15) is 4.79 Å². The Balaban J connectivity index is 1.78. The van der Waals surface area contributed by atoms with Crippen LogP contribution in [0.15, 0.2) is 42.0 Å². The molecular weight excluding hydrogens is 354 g/mol. The predicted molar refractivity (Wildman–Crippen MR) is 107 cm³/mol. The van der Waals surface area contributed by atoms with Gasteiger partial charge in [-0.3, -0.25) is 9.48 Å². The van der Waals surface area contributed by atoms with E-state index in [1.165, 1.54) is 6.33 Å². The number of allylic oxidation sites excluding steroid dienone is 1. The van der Waals surface area contributed by atoms with E-state index < -0.39 is 6.04 Å². The minimum atomic E-state index is -0.404. The summed E-state index contributed by atoms with van der Waals surface area (Å²) in [4.78, 5) is 17.6. The van der Waals surface area contributed by atoms with Gasteiger partial charge in [0.25, 0.3) is 5.91 Å². The number of nitrogens with one attached hydrogen (secondary N) is 2. The zero-order chi connectivity index (χ0) is 20.0. The van der Waals surface area contributed by atoms with Gasteiger partial charge in [0.2, 0.25) is 5.95 Å². The summed E-state index contributed by atoms with van der Waals surface area (Å²) in [6, 6.07) is 5.56. The lowest BCUT2D eigenvalue weighted by Crippen LogP contribution is -2.32. The highest BCUT2D eigenvalue weighted by Crippen LogP contribution is 2.36. The van der Waals surface area contributed by atoms with Gasteiger partial charge in [-0.15, -0.1) is 0 Å². The predicted octanol–water partition coefficient (Wildman–Crippen LogP) is 2.86. The molecular formula is C20H23N7O. The molecule has 0 spiro atoms. The van der Waals surface area contributed by atoms with E-state index in [-0.39, 0.29) is 5.91 Å². The van der Waals surface area contributed by atoms with E-state index in [1.807, 2.05) is 52.9 Å². The molecule has 4 rings (SSSR count). The van der Waals surface area contributed by atoms with Crippen molar-refractivity contribution in [2.75, 3.05) is 10.6 Å². The van der Waals surface area contributed by atoms with Crippen LogP contribution in [-0.2, 0) is 11.8 Å². The second kappa shape index (κ2) is 6.63. The van der Waals surface area contributed by atoms with Gasteiger partial charge in [0.15, 0.2) is 0 Å². The van der Waals surface area contributed by atoms with E-state index in [4.69, 9.17) is 0 Å². The van der Waals surface area contributed by atoms with Crippen molar-refractivity contribution >= 4 is 17.5 Å². The van der Waals surface area contributed by atoms with Crippen molar-refractivity contribution < 1.29 is 4.79 Å². The summed E-state index contributed by atoms with van der Waals surface area (Å²) >= 11 is 0. The molecule has 0 radical (unpaired) electrons. The number of carbonyl (C=O) groups is 1. The summed E-state index contributed by atoms with van der Waals surface area (Å²) in [5.74, 6) is 0.431. The van der Waals surface area contributed by atoms with Gasteiger partial charge in [0.1, 0.15) is 12.4 Å². The first-order chi connectivity index (χ1) is 13.4. The Labute approximate surface area is 163 Å². The van der Waals surface area contributed by atoms with Crippen molar-refractivity contribution in [1.29, 1.82) is 0 Å². The molecule has 0 fully saturated rings. The number of aromatic nitrogens is 5. The Kier molecular flexibility index (Phi) is 4.26. The zero-order valence-electron chi connectivity index (χ0n) is 16.6. The molecule has 8 nitrogen and oxygen atoms in total. The molecule has 2 N–H and O–H groups in total. The van der Waals surface area contributed by atoms with Gasteiger partial charge < -0.3 is 10.6 Å². The molecule has 0 saturated heterocycles. The number of aryl methyl sites for hydroxylation is 3. The van der Waals surface area contributed by atoms with E-state index in [2.05, 4.69) is 25.8 Å². The molecule has 144 valence electrons. The number of anilines is 2. The molecule has 1 aromatic carbocycles. The van der Waals surface area contributed by atoms with Crippen LogP contribution in [0.2, 0.25) is 0 Å². The van der Waals surface area contributed by atoms with Crippen LogP contribution >= 0.6 is 0 Å². The highest BCUT2D eigenvalue weighted by atomic mass is 16.1. The Morgan fingerprint density at radius 3 is 2.64 bits per heavy atom. The molecule has 0 unspecified atom stereocenters. The van der Waals surface area contributed by atoms with Crippen LogP contribution in [0, 0.1) is 20.8 Å². The first-order valence-electron chi connectivity index (χ1n) is 9.11. The SMILES string of the molecule is CC1=C(C(=O)Nc2ccc(C)cc2C)[C@@H](c2cnn(C)c2C)n2ncnc2N1. The van der Waals surface area contributed by atoms with Crippen LogP contribution in [0.4, 0.5) is 11.6 Å². The largest absolute Gasteiger partial charge is 0.328 e. The molecule has 1 atom stereocenters. The molecule has 8 heteroatoms. The third-order valence-corrected chi connectivity index (χ3v) is 5.24. The van der Waals surface area contributed by atoms with Gasteiger partial charge in [-0.05, 0) is 39.3 Å². The average Bonchev–Trinajstić information content (AvgIpc) is 3.23. The number of benzene rings is 1. The van der Waals surface area contributed by atoms with Gasteiger partial charge in [0.05, 0.1) is 11.8 Å². The highest BCUT2D eigenvalue weighted by molar-refractivity contribution is 6.06. The fourth-order valence-electron chi connectivity index (χ4n) is 3.60. The zero-order valence-corrected chi connectivity index (χ0v) is 16.6. The molecule has 0 bridgehead atoms. The van der Waals surface area contributed by atoms with Crippen molar-refractivity contribution in [3.05, 3.63) is 64.4 Å². The average molecular weight is 377 g/mol. The normalized spacial score (nSPS) is 16.0. The molecule has 28 heavy (non-hydrogen) atoms. The van der Waals surface area contributed by atoms with Crippen LogP contribution in [0.1, 0.15) is 35.3 Å². The molecule has 3 aromatic rings. The molecule has 1 aliphatic rings. The van der Waals surface area contributed by atoms with Gasteiger partial charge in [-0.2, -0.15) is 15.2 Å². The monoisotopic (exact) mass is 377 g/mol. The molecule has 1 aliphatic heterocycles. The summed E-state index contributed by atoms with van der Waals surface area (Å²) < 4.78 is 3.52. The van der Waals surface area contributed by atoms with E-state index in [0.29, 0.717) is 11.5 Å². The van der Waals surface area contributed by atoms with E-state index >= 15 is 0 Å². The number of rotatable bonds is 3. The Morgan fingerprint density at radius 2 is 1.96 bits per heavy atom. The third kappa shape index (κ3) is 2.87. The molecule has 3 heterocycles. The van der Waals surface area contributed by atoms with E-state index in [1.54, 1.807) is 15.6 Å². The first kappa shape index (κ1) is 18.0. The lowest BCUT2D eigenvalue weighted by atomic mass is 9.95. The van der Waals surface area contributed by atoms with Crippen LogP contribution < -0.4 is 10.6 Å². The maximum Gasteiger partial charge on any atom is 0.255 e. The molecule has 0 saturated carbocycles. The minimum Gasteiger partial charge on any atom is -0.328 e. The van der Waals surface area contributed by atoms with E-state index in [0.717, 1.165) is 33.8 Å². The minimum absolute atomic E-state index is 0.175. The van der Waals surface area contributed by atoms with Crippen LogP contribution in [-0.4, -0.2) is 30.5 Å². The summed E-state index contributed by atoms with van der Waals surface area (Å²) in [7, 11) is 1.88. The first-order valence-corrected chi connectivity index (χ1v) is 9.11. The number of hydrogen-bond acceptors (Lipinski definition) is 5. The number of hydrogen-bond donors (Lipinski definition) is 2. The maximum absolute atomic E-state index is 13.4. The van der Waals surface area contributed by atoms with Crippen molar-refractivity contribution in [2.24, 2.45) is 7.05 Å². The fraction of sp³-hybridized carbons (Fsp3) is 0.300. The van der Waals surface area contributed by atoms with Crippen LogP contribution in [0.3, 0.4) is 0 Å². The van der Waals surface area contributed by atoms with Crippen LogP contribution in [0.25, 0.3) is 0 Å². The van der Waals surface area contributed by atoms with Gasteiger partial charge in [0, 0.05) is 29.7 Å². The summed E-state index contributed by atoms with van der Waals surface area (Å²) in [6.07, 6.45) is 3.27. The smallest absolute Gasteiger partial charge is 0.255 e. The molecule has 1 amide bonds. The number of carbonyl (C=O) groups excluding carboxylic acids is 1. The van der Waals surface area contributed by atoms with Gasteiger partial charge in [-0.1, -0.05) is 17.7 Å². The van der Waals surface area contributed by atoms with Crippen LogP contribution in [0.5, 0.6) is 0 Å². The maximum atomic E-state index is 13.4. The van der Waals surface area contributed by atoms with Crippen molar-refractivity contribution in [2.45, 2.75) is 33.7 Å². The quantitative estimate of drug-likeness (QED) is 0.733. The highest BCUT2D eigenvalue weighted by Gasteiger charge is 2.35. The lowest BCUT2D eigenvalue weighted by Gasteiger charge is -2.28. The molecule has 2 aromatic heterocycles.